The lowest BCUT2D eigenvalue weighted by molar-refractivity contribution is 0.0830. The predicted octanol–water partition coefficient (Wildman–Crippen LogP) is 3.18. The molecule has 0 aliphatic heterocycles. The fourth-order valence-electron chi connectivity index (χ4n) is 3.28. The molecule has 3 heteroatoms. The number of benzene rings is 1. The third-order valence-electron chi connectivity index (χ3n) is 4.44. The van der Waals surface area contributed by atoms with Crippen molar-refractivity contribution in [2.24, 2.45) is 17.6 Å². The molecule has 0 amide bonds. The van der Waals surface area contributed by atoms with Gasteiger partial charge in [0.2, 0.25) is 0 Å². The molecule has 0 saturated heterocycles. The van der Waals surface area contributed by atoms with Gasteiger partial charge in [-0.05, 0) is 49.6 Å². The largest absolute Gasteiger partial charge is 0.330 e. The van der Waals surface area contributed by atoms with E-state index in [4.69, 9.17) is 5.73 Å². The number of carbonyl (C=O) groups is 1. The summed E-state index contributed by atoms with van der Waals surface area (Å²) < 4.78 is 0. The second-order valence-corrected chi connectivity index (χ2v) is 5.66. The minimum atomic E-state index is 0.0999. The standard InChI is InChI=1S/C17H20N2O/c18-11-14-4-1-2-6-15(14)17(20)13-7-8-16-12(10-13)5-3-9-19-16/h3,5,7-10,14-15H,1-2,4,6,11,18H2. The van der Waals surface area contributed by atoms with Crippen molar-refractivity contribution in [3.05, 3.63) is 42.1 Å². The lowest BCUT2D eigenvalue weighted by Gasteiger charge is -2.29. The molecular weight excluding hydrogens is 248 g/mol. The van der Waals surface area contributed by atoms with Crippen LogP contribution in [0.25, 0.3) is 10.9 Å². The van der Waals surface area contributed by atoms with Crippen molar-refractivity contribution in [1.82, 2.24) is 4.98 Å². The molecule has 1 aromatic heterocycles. The zero-order chi connectivity index (χ0) is 13.9. The monoisotopic (exact) mass is 268 g/mol. The van der Waals surface area contributed by atoms with Crippen LogP contribution in [0.15, 0.2) is 36.5 Å². The Labute approximate surface area is 119 Å². The van der Waals surface area contributed by atoms with Crippen LogP contribution in [-0.2, 0) is 0 Å². The topological polar surface area (TPSA) is 56.0 Å². The van der Waals surface area contributed by atoms with E-state index in [0.717, 1.165) is 35.7 Å². The molecule has 2 atom stereocenters. The number of hydrogen-bond donors (Lipinski definition) is 1. The number of carbonyl (C=O) groups excluding carboxylic acids is 1. The van der Waals surface area contributed by atoms with Crippen LogP contribution >= 0.6 is 0 Å². The van der Waals surface area contributed by atoms with Gasteiger partial charge in [0, 0.05) is 23.1 Å². The molecule has 1 aliphatic carbocycles. The van der Waals surface area contributed by atoms with Gasteiger partial charge in [-0.1, -0.05) is 18.9 Å². The zero-order valence-electron chi connectivity index (χ0n) is 11.6. The summed E-state index contributed by atoms with van der Waals surface area (Å²) in [5, 5.41) is 1.03. The molecular formula is C17H20N2O. The van der Waals surface area contributed by atoms with Crippen molar-refractivity contribution in [3.8, 4) is 0 Å². The number of hydrogen-bond acceptors (Lipinski definition) is 3. The molecule has 3 nitrogen and oxygen atoms in total. The minimum Gasteiger partial charge on any atom is -0.330 e. The number of nitrogens with zero attached hydrogens (tertiary/aromatic N) is 1. The van der Waals surface area contributed by atoms with E-state index < -0.39 is 0 Å². The van der Waals surface area contributed by atoms with Crippen molar-refractivity contribution >= 4 is 16.7 Å². The Hall–Kier alpha value is -1.74. The highest BCUT2D eigenvalue weighted by atomic mass is 16.1. The van der Waals surface area contributed by atoms with Gasteiger partial charge in [0.05, 0.1) is 5.52 Å². The van der Waals surface area contributed by atoms with Gasteiger partial charge in [0.1, 0.15) is 0 Å². The van der Waals surface area contributed by atoms with E-state index in [0.29, 0.717) is 12.5 Å². The average molecular weight is 268 g/mol. The van der Waals surface area contributed by atoms with Crippen molar-refractivity contribution in [2.75, 3.05) is 6.54 Å². The fourth-order valence-corrected chi connectivity index (χ4v) is 3.28. The van der Waals surface area contributed by atoms with Crippen molar-refractivity contribution in [3.63, 3.8) is 0 Å². The second-order valence-electron chi connectivity index (χ2n) is 5.66. The van der Waals surface area contributed by atoms with Gasteiger partial charge in [0.25, 0.3) is 0 Å². The maximum absolute atomic E-state index is 12.7. The molecule has 1 heterocycles. The van der Waals surface area contributed by atoms with Crippen molar-refractivity contribution in [1.29, 1.82) is 0 Å². The average Bonchev–Trinajstić information content (AvgIpc) is 2.53. The summed E-state index contributed by atoms with van der Waals surface area (Å²) in [6.45, 7) is 0.617. The smallest absolute Gasteiger partial charge is 0.166 e. The zero-order valence-corrected chi connectivity index (χ0v) is 11.6. The first-order chi connectivity index (χ1) is 9.79. The molecule has 20 heavy (non-hydrogen) atoms. The first kappa shape index (κ1) is 13.3. The number of pyridine rings is 1. The van der Waals surface area contributed by atoms with Crippen LogP contribution in [0.5, 0.6) is 0 Å². The van der Waals surface area contributed by atoms with Gasteiger partial charge in [-0.25, -0.2) is 0 Å². The molecule has 1 fully saturated rings. The highest BCUT2D eigenvalue weighted by Crippen LogP contribution is 2.32. The minimum absolute atomic E-state index is 0.0999. The first-order valence-corrected chi connectivity index (χ1v) is 7.38. The lowest BCUT2D eigenvalue weighted by atomic mass is 9.75. The summed E-state index contributed by atoms with van der Waals surface area (Å²) in [6, 6.07) is 9.70. The van der Waals surface area contributed by atoms with Gasteiger partial charge >= 0.3 is 0 Å². The number of nitrogens with two attached hydrogens (primary N) is 1. The molecule has 1 saturated carbocycles. The summed E-state index contributed by atoms with van der Waals surface area (Å²) in [5.74, 6) is 0.703. The molecule has 1 aliphatic rings. The second kappa shape index (κ2) is 5.71. The van der Waals surface area contributed by atoms with Gasteiger partial charge < -0.3 is 5.73 Å². The van der Waals surface area contributed by atoms with E-state index in [9.17, 15) is 4.79 Å². The van der Waals surface area contributed by atoms with Gasteiger partial charge in [-0.2, -0.15) is 0 Å². The Bertz CT molecular complexity index is 623. The van der Waals surface area contributed by atoms with E-state index in [1.807, 2.05) is 30.3 Å². The van der Waals surface area contributed by atoms with Crippen molar-refractivity contribution in [2.45, 2.75) is 25.7 Å². The number of fused-ring (bicyclic) bond motifs is 1. The van der Waals surface area contributed by atoms with E-state index >= 15 is 0 Å². The van der Waals surface area contributed by atoms with Crippen LogP contribution < -0.4 is 5.73 Å². The molecule has 0 spiro atoms. The summed E-state index contributed by atoms with van der Waals surface area (Å²) >= 11 is 0. The van der Waals surface area contributed by atoms with Gasteiger partial charge in [-0.3, -0.25) is 9.78 Å². The summed E-state index contributed by atoms with van der Waals surface area (Å²) in [6.07, 6.45) is 6.18. The van der Waals surface area contributed by atoms with Crippen molar-refractivity contribution < 1.29 is 4.79 Å². The lowest BCUT2D eigenvalue weighted by Crippen LogP contribution is -2.32. The molecule has 0 radical (unpaired) electrons. The Morgan fingerprint density at radius 1 is 1.25 bits per heavy atom. The van der Waals surface area contributed by atoms with E-state index in [1.54, 1.807) is 6.20 Å². The third-order valence-corrected chi connectivity index (χ3v) is 4.44. The fraction of sp³-hybridized carbons (Fsp3) is 0.412. The molecule has 0 bridgehead atoms. The number of aromatic nitrogens is 1. The number of rotatable bonds is 3. The molecule has 2 aromatic rings. The molecule has 104 valence electrons. The number of Topliss-reactive ketones (excluding diaryl/α,β-unsaturated/α-hetero) is 1. The van der Waals surface area contributed by atoms with Gasteiger partial charge in [-0.15, -0.1) is 0 Å². The first-order valence-electron chi connectivity index (χ1n) is 7.38. The maximum atomic E-state index is 12.7. The third kappa shape index (κ3) is 2.46. The Kier molecular flexibility index (Phi) is 3.79. The quantitative estimate of drug-likeness (QED) is 0.870. The molecule has 3 rings (SSSR count). The van der Waals surface area contributed by atoms with Crippen LogP contribution in [0.3, 0.4) is 0 Å². The van der Waals surface area contributed by atoms with Crippen LogP contribution in [0.2, 0.25) is 0 Å². The normalized spacial score (nSPS) is 22.9. The Morgan fingerprint density at radius 3 is 2.95 bits per heavy atom. The number of ketones is 1. The molecule has 2 N–H and O–H groups in total. The highest BCUT2D eigenvalue weighted by Gasteiger charge is 2.30. The molecule has 1 aromatic carbocycles. The Morgan fingerprint density at radius 2 is 2.10 bits per heavy atom. The molecule has 2 unspecified atom stereocenters. The maximum Gasteiger partial charge on any atom is 0.166 e. The van der Waals surface area contributed by atoms with E-state index in [1.165, 1.54) is 6.42 Å². The summed E-state index contributed by atoms with van der Waals surface area (Å²) in [5.41, 5.74) is 7.57. The van der Waals surface area contributed by atoms with Crippen LogP contribution in [-0.4, -0.2) is 17.3 Å². The van der Waals surface area contributed by atoms with Crippen LogP contribution in [0.4, 0.5) is 0 Å². The Balaban J connectivity index is 1.91. The predicted molar refractivity (Wildman–Crippen MR) is 80.6 cm³/mol. The van der Waals surface area contributed by atoms with Crippen LogP contribution in [0.1, 0.15) is 36.0 Å². The van der Waals surface area contributed by atoms with E-state index in [2.05, 4.69) is 4.98 Å². The summed E-state index contributed by atoms with van der Waals surface area (Å²) in [7, 11) is 0. The van der Waals surface area contributed by atoms with Gasteiger partial charge in [0.15, 0.2) is 5.78 Å². The highest BCUT2D eigenvalue weighted by molar-refractivity contribution is 6.01. The van der Waals surface area contributed by atoms with E-state index in [-0.39, 0.29) is 11.7 Å². The SMILES string of the molecule is NCC1CCCCC1C(=O)c1ccc2ncccc2c1. The summed E-state index contributed by atoms with van der Waals surface area (Å²) in [4.78, 5) is 17.0. The van der Waals surface area contributed by atoms with Crippen LogP contribution in [0, 0.1) is 11.8 Å².